The van der Waals surface area contributed by atoms with Crippen LogP contribution in [0.25, 0.3) is 0 Å². The van der Waals surface area contributed by atoms with Crippen LogP contribution in [0.5, 0.6) is 17.2 Å². The lowest BCUT2D eigenvalue weighted by molar-refractivity contribution is -0.116. The van der Waals surface area contributed by atoms with Crippen molar-refractivity contribution >= 4 is 19.0 Å². The van der Waals surface area contributed by atoms with Gasteiger partial charge in [0.15, 0.2) is 6.35 Å². The number of aliphatic hydroxyl groups excluding tert-OH is 1. The van der Waals surface area contributed by atoms with Crippen molar-refractivity contribution in [1.29, 1.82) is 0 Å². The Morgan fingerprint density at radius 3 is 2.44 bits per heavy atom. The first-order valence-electron chi connectivity index (χ1n) is 14.6. The minimum absolute atomic E-state index is 0.0532. The number of carbonyl (C=O) groups excluding carboxylic acids is 1. The molecule has 4 N–H and O–H groups in total. The third-order valence-electron chi connectivity index (χ3n) is 6.66. The van der Waals surface area contributed by atoms with Crippen molar-refractivity contribution in [3.8, 4) is 17.2 Å². The second-order valence-corrected chi connectivity index (χ2v) is 14.2. The Hall–Kier alpha value is -2.58. The molecular weight excluding hydrogens is 543 g/mol. The number of amides is 1. The van der Waals surface area contributed by atoms with Gasteiger partial charge in [0.05, 0.1) is 5.69 Å². The van der Waals surface area contributed by atoms with Gasteiger partial charge in [0.25, 0.3) is 0 Å². The number of unbranched alkanes of at least 4 members (excludes halogenated alkanes) is 2. The van der Waals surface area contributed by atoms with E-state index in [2.05, 4.69) is 17.6 Å². The fourth-order valence-electron chi connectivity index (χ4n) is 4.56. The van der Waals surface area contributed by atoms with Crippen LogP contribution in [0.4, 0.5) is 5.69 Å². The second-order valence-electron chi connectivity index (χ2n) is 11.9. The molecule has 1 amide bonds. The van der Waals surface area contributed by atoms with Gasteiger partial charge in [-0.15, -0.1) is 0 Å². The molecule has 0 aromatic heterocycles. The van der Waals surface area contributed by atoms with Gasteiger partial charge >= 0.3 is 0 Å². The van der Waals surface area contributed by atoms with E-state index in [1.807, 2.05) is 58.0 Å². The number of aliphatic hydroxyl groups is 1. The molecule has 228 valence electrons. The molecular formula is C31H47N2O7P. The van der Waals surface area contributed by atoms with Crippen molar-refractivity contribution in [3.05, 3.63) is 47.5 Å². The van der Waals surface area contributed by atoms with E-state index < -0.39 is 19.1 Å². The highest BCUT2D eigenvalue weighted by atomic mass is 31.2. The smallest absolute Gasteiger partial charge is 0.236 e. The summed E-state index contributed by atoms with van der Waals surface area (Å²) in [6, 6.07) is 11.3. The third-order valence-corrected chi connectivity index (χ3v) is 8.20. The van der Waals surface area contributed by atoms with Crippen LogP contribution < -0.4 is 24.8 Å². The maximum atomic E-state index is 12.2. The van der Waals surface area contributed by atoms with E-state index >= 15 is 0 Å². The van der Waals surface area contributed by atoms with Crippen molar-refractivity contribution in [2.45, 2.75) is 90.9 Å². The number of fused-ring (bicyclic) bond motifs is 1. The summed E-state index contributed by atoms with van der Waals surface area (Å²) in [6.45, 7) is 10.4. The van der Waals surface area contributed by atoms with Crippen LogP contribution in [0.15, 0.2) is 36.4 Å². The number of ether oxygens (including phenoxy) is 3. The van der Waals surface area contributed by atoms with Crippen LogP contribution in [0.1, 0.15) is 71.4 Å². The monoisotopic (exact) mass is 590 g/mol. The van der Waals surface area contributed by atoms with Crippen molar-refractivity contribution in [3.63, 3.8) is 0 Å². The van der Waals surface area contributed by atoms with Gasteiger partial charge in [0, 0.05) is 30.7 Å². The Morgan fingerprint density at radius 2 is 1.76 bits per heavy atom. The fraction of sp³-hybridized carbons (Fsp3) is 0.581. The first kappa shape index (κ1) is 32.9. The quantitative estimate of drug-likeness (QED) is 0.149. The van der Waals surface area contributed by atoms with Crippen molar-refractivity contribution < 1.29 is 33.6 Å². The molecule has 2 aromatic rings. The van der Waals surface area contributed by atoms with E-state index in [4.69, 9.17) is 14.2 Å². The number of anilines is 1. The van der Waals surface area contributed by atoms with E-state index in [0.717, 1.165) is 36.8 Å². The Morgan fingerprint density at radius 1 is 1.05 bits per heavy atom. The van der Waals surface area contributed by atoms with Crippen molar-refractivity contribution in [2.75, 3.05) is 31.0 Å². The zero-order chi connectivity index (χ0) is 30.0. The molecule has 0 fully saturated rings. The molecule has 0 aliphatic carbocycles. The van der Waals surface area contributed by atoms with Gasteiger partial charge in [-0.2, -0.15) is 0 Å². The number of hydrogen-bond acceptors (Lipinski definition) is 7. The number of benzene rings is 2. The van der Waals surface area contributed by atoms with Crippen LogP contribution >= 0.6 is 7.37 Å². The minimum Gasteiger partial charge on any atom is -0.490 e. The SMILES string of the molecule is CCCCCP(=O)(O)COc1ccc(C[C@@H](C)NC[C@H](O)COc2ccc(OC(C)(C)C)c3c2CCC(=O)N3)cc1. The summed E-state index contributed by atoms with van der Waals surface area (Å²) in [5.74, 6) is 1.77. The molecule has 0 saturated heterocycles. The number of rotatable bonds is 16. The van der Waals surface area contributed by atoms with Gasteiger partial charge < -0.3 is 34.8 Å². The van der Waals surface area contributed by atoms with E-state index in [1.54, 1.807) is 6.07 Å². The van der Waals surface area contributed by atoms with Gasteiger partial charge in [0.2, 0.25) is 13.3 Å². The van der Waals surface area contributed by atoms with E-state index in [-0.39, 0.29) is 31.1 Å². The van der Waals surface area contributed by atoms with Gasteiger partial charge in [0.1, 0.15) is 35.6 Å². The summed E-state index contributed by atoms with van der Waals surface area (Å²) >= 11 is 0. The Bertz CT molecular complexity index is 1180. The average molecular weight is 591 g/mol. The minimum atomic E-state index is -3.27. The molecule has 10 heteroatoms. The molecule has 9 nitrogen and oxygen atoms in total. The molecule has 0 bridgehead atoms. The van der Waals surface area contributed by atoms with Crippen LogP contribution in [0, 0.1) is 0 Å². The molecule has 0 saturated carbocycles. The largest absolute Gasteiger partial charge is 0.490 e. The van der Waals surface area contributed by atoms with Gasteiger partial charge in [-0.3, -0.25) is 9.36 Å². The summed E-state index contributed by atoms with van der Waals surface area (Å²) in [6.07, 6.45) is 3.75. The Balaban J connectivity index is 1.44. The molecule has 0 spiro atoms. The predicted octanol–water partition coefficient (Wildman–Crippen LogP) is 5.51. The van der Waals surface area contributed by atoms with Gasteiger partial charge in [-0.05, 0) is 76.8 Å². The highest BCUT2D eigenvalue weighted by molar-refractivity contribution is 7.57. The molecule has 2 aromatic carbocycles. The van der Waals surface area contributed by atoms with Crippen LogP contribution in [0.2, 0.25) is 0 Å². The summed E-state index contributed by atoms with van der Waals surface area (Å²) in [7, 11) is -3.27. The van der Waals surface area contributed by atoms with Gasteiger partial charge in [-0.25, -0.2) is 0 Å². The number of carbonyl (C=O) groups is 1. The topological polar surface area (TPSA) is 126 Å². The Kier molecular flexibility index (Phi) is 12.1. The van der Waals surface area contributed by atoms with Crippen molar-refractivity contribution in [1.82, 2.24) is 5.32 Å². The highest BCUT2D eigenvalue weighted by Crippen LogP contribution is 2.42. The Labute approximate surface area is 244 Å². The van der Waals surface area contributed by atoms with E-state index in [0.29, 0.717) is 42.3 Å². The van der Waals surface area contributed by atoms with Crippen LogP contribution in [-0.2, 0) is 22.2 Å². The highest BCUT2D eigenvalue weighted by Gasteiger charge is 2.25. The lowest BCUT2D eigenvalue weighted by atomic mass is 10.0. The number of nitrogens with one attached hydrogen (secondary N) is 2. The predicted molar refractivity (Wildman–Crippen MR) is 163 cm³/mol. The van der Waals surface area contributed by atoms with Crippen molar-refractivity contribution in [2.24, 2.45) is 0 Å². The molecule has 1 aliphatic heterocycles. The average Bonchev–Trinajstić information content (AvgIpc) is 2.90. The molecule has 3 rings (SSSR count). The molecule has 1 unspecified atom stereocenters. The van der Waals surface area contributed by atoms with Gasteiger partial charge in [-0.1, -0.05) is 31.9 Å². The lowest BCUT2D eigenvalue weighted by Crippen LogP contribution is -2.37. The molecule has 41 heavy (non-hydrogen) atoms. The normalized spacial score (nSPS) is 16.2. The zero-order valence-electron chi connectivity index (χ0n) is 25.1. The summed E-state index contributed by atoms with van der Waals surface area (Å²) < 4.78 is 29.8. The third kappa shape index (κ3) is 11.3. The standard InChI is InChI=1S/C31H47N2O7P/c1-6-7-8-17-41(36,37)21-39-25-11-9-23(10-12-25)18-22(2)32-19-24(34)20-38-27-14-15-28(40-31(3,4)5)30-26(27)13-16-29(35)33-30/h9-12,14-15,22,24,32,34H,6-8,13,16-21H2,1-5H3,(H,33,35)(H,36,37)/t22-,24+/m1/s1. The maximum Gasteiger partial charge on any atom is 0.236 e. The molecule has 1 heterocycles. The molecule has 3 atom stereocenters. The number of hydrogen-bond donors (Lipinski definition) is 4. The first-order valence-corrected chi connectivity index (χ1v) is 16.6. The van der Waals surface area contributed by atoms with Crippen LogP contribution in [0.3, 0.4) is 0 Å². The maximum absolute atomic E-state index is 12.2. The van der Waals surface area contributed by atoms with Crippen LogP contribution in [-0.4, -0.2) is 59.3 Å². The fourth-order valence-corrected chi connectivity index (χ4v) is 5.76. The summed E-state index contributed by atoms with van der Waals surface area (Å²) in [5.41, 5.74) is 2.20. The lowest BCUT2D eigenvalue weighted by Gasteiger charge is -2.28. The van der Waals surface area contributed by atoms with E-state index in [1.165, 1.54) is 0 Å². The second kappa shape index (κ2) is 15.1. The zero-order valence-corrected chi connectivity index (χ0v) is 26.0. The first-order chi connectivity index (χ1) is 19.3. The molecule has 0 radical (unpaired) electrons. The summed E-state index contributed by atoms with van der Waals surface area (Å²) in [5, 5.41) is 16.8. The molecule has 1 aliphatic rings. The summed E-state index contributed by atoms with van der Waals surface area (Å²) in [4.78, 5) is 22.1. The van der Waals surface area contributed by atoms with E-state index in [9.17, 15) is 19.4 Å².